The molecule has 2 aromatic rings. The summed E-state index contributed by atoms with van der Waals surface area (Å²) in [6.07, 6.45) is 1.47. The van der Waals surface area contributed by atoms with Gasteiger partial charge in [0.2, 0.25) is 0 Å². The standard InChI is InChI=1S/C16H14BrN3O2/c17-14-8-4-7-13(9-14)11-19-20-16(22)15(21)18-10-12-5-2-1-3-6-12/h1-9,11H,10H2,(H,18,21)(H,20,22)/b19-11+. The summed E-state index contributed by atoms with van der Waals surface area (Å²) in [5.41, 5.74) is 3.91. The van der Waals surface area contributed by atoms with Crippen molar-refractivity contribution < 1.29 is 9.59 Å². The number of nitrogens with zero attached hydrogens (tertiary/aromatic N) is 1. The highest BCUT2D eigenvalue weighted by Crippen LogP contribution is 2.09. The Morgan fingerprint density at radius 1 is 1.05 bits per heavy atom. The van der Waals surface area contributed by atoms with Gasteiger partial charge in [-0.25, -0.2) is 5.43 Å². The fraction of sp³-hybridized carbons (Fsp3) is 0.0625. The summed E-state index contributed by atoms with van der Waals surface area (Å²) in [5.74, 6) is -1.53. The number of halogens is 1. The molecule has 0 spiro atoms. The second kappa shape index (κ2) is 8.09. The van der Waals surface area contributed by atoms with Crippen molar-refractivity contribution in [1.29, 1.82) is 0 Å². The number of carbonyl (C=O) groups excluding carboxylic acids is 2. The van der Waals surface area contributed by atoms with Crippen LogP contribution < -0.4 is 10.7 Å². The van der Waals surface area contributed by atoms with Gasteiger partial charge in [0, 0.05) is 11.0 Å². The zero-order chi connectivity index (χ0) is 15.8. The molecule has 2 rings (SSSR count). The largest absolute Gasteiger partial charge is 0.344 e. The van der Waals surface area contributed by atoms with E-state index in [1.807, 2.05) is 54.6 Å². The molecule has 0 bridgehead atoms. The van der Waals surface area contributed by atoms with E-state index < -0.39 is 11.8 Å². The molecule has 0 aliphatic heterocycles. The first kappa shape index (κ1) is 15.9. The van der Waals surface area contributed by atoms with Gasteiger partial charge in [0.05, 0.1) is 6.21 Å². The predicted octanol–water partition coefficient (Wildman–Crippen LogP) is 2.22. The molecule has 0 aliphatic carbocycles. The zero-order valence-electron chi connectivity index (χ0n) is 11.6. The molecule has 5 nitrogen and oxygen atoms in total. The maximum atomic E-state index is 11.6. The van der Waals surface area contributed by atoms with E-state index in [1.54, 1.807) is 0 Å². The van der Waals surface area contributed by atoms with E-state index in [4.69, 9.17) is 0 Å². The topological polar surface area (TPSA) is 70.6 Å². The summed E-state index contributed by atoms with van der Waals surface area (Å²) < 4.78 is 0.906. The SMILES string of the molecule is O=C(NCc1ccccc1)C(=O)N/N=C/c1cccc(Br)c1. The summed E-state index contributed by atoms with van der Waals surface area (Å²) in [5, 5.41) is 6.28. The number of amides is 2. The van der Waals surface area contributed by atoms with Crippen LogP contribution in [-0.4, -0.2) is 18.0 Å². The molecule has 2 amide bonds. The minimum absolute atomic E-state index is 0.294. The van der Waals surface area contributed by atoms with E-state index >= 15 is 0 Å². The number of hydrogen-bond acceptors (Lipinski definition) is 3. The smallest absolute Gasteiger partial charge is 0.329 e. The summed E-state index contributed by atoms with van der Waals surface area (Å²) in [4.78, 5) is 23.2. The van der Waals surface area contributed by atoms with Gasteiger partial charge in [-0.2, -0.15) is 5.10 Å². The highest BCUT2D eigenvalue weighted by molar-refractivity contribution is 9.10. The third kappa shape index (κ3) is 5.14. The van der Waals surface area contributed by atoms with Crippen LogP contribution in [0.3, 0.4) is 0 Å². The Morgan fingerprint density at radius 3 is 2.55 bits per heavy atom. The van der Waals surface area contributed by atoms with E-state index in [-0.39, 0.29) is 0 Å². The fourth-order valence-corrected chi connectivity index (χ4v) is 2.08. The van der Waals surface area contributed by atoms with Crippen molar-refractivity contribution in [2.45, 2.75) is 6.54 Å². The van der Waals surface area contributed by atoms with Gasteiger partial charge < -0.3 is 5.32 Å². The van der Waals surface area contributed by atoms with E-state index in [1.165, 1.54) is 6.21 Å². The minimum atomic E-state index is -0.804. The van der Waals surface area contributed by atoms with Gasteiger partial charge in [0.25, 0.3) is 0 Å². The maximum Gasteiger partial charge on any atom is 0.329 e. The first-order valence-electron chi connectivity index (χ1n) is 6.56. The average molecular weight is 360 g/mol. The van der Waals surface area contributed by atoms with Crippen LogP contribution in [-0.2, 0) is 16.1 Å². The second-order valence-electron chi connectivity index (χ2n) is 4.42. The fourth-order valence-electron chi connectivity index (χ4n) is 1.66. The monoisotopic (exact) mass is 359 g/mol. The molecule has 0 aromatic heterocycles. The van der Waals surface area contributed by atoms with Gasteiger partial charge in [-0.1, -0.05) is 58.4 Å². The summed E-state index contributed by atoms with van der Waals surface area (Å²) >= 11 is 3.34. The summed E-state index contributed by atoms with van der Waals surface area (Å²) in [6, 6.07) is 16.7. The van der Waals surface area contributed by atoms with Crippen LogP contribution >= 0.6 is 15.9 Å². The van der Waals surface area contributed by atoms with Crippen LogP contribution in [0.1, 0.15) is 11.1 Å². The predicted molar refractivity (Wildman–Crippen MR) is 88.2 cm³/mol. The second-order valence-corrected chi connectivity index (χ2v) is 5.34. The van der Waals surface area contributed by atoms with Gasteiger partial charge in [0.1, 0.15) is 0 Å². The molecule has 0 fully saturated rings. The van der Waals surface area contributed by atoms with Crippen molar-refractivity contribution >= 4 is 34.0 Å². The van der Waals surface area contributed by atoms with Crippen LogP contribution in [0.2, 0.25) is 0 Å². The zero-order valence-corrected chi connectivity index (χ0v) is 13.2. The third-order valence-corrected chi connectivity index (χ3v) is 3.22. The molecule has 112 valence electrons. The highest BCUT2D eigenvalue weighted by atomic mass is 79.9. The van der Waals surface area contributed by atoms with Crippen LogP contribution in [0, 0.1) is 0 Å². The normalized spacial score (nSPS) is 10.4. The van der Waals surface area contributed by atoms with Crippen molar-refractivity contribution in [2.75, 3.05) is 0 Å². The molecule has 2 aromatic carbocycles. The van der Waals surface area contributed by atoms with Crippen molar-refractivity contribution in [3.63, 3.8) is 0 Å². The molecule has 0 unspecified atom stereocenters. The lowest BCUT2D eigenvalue weighted by Crippen LogP contribution is -2.37. The Labute approximate surface area is 136 Å². The van der Waals surface area contributed by atoms with E-state index in [9.17, 15) is 9.59 Å². The van der Waals surface area contributed by atoms with Crippen molar-refractivity contribution in [1.82, 2.24) is 10.7 Å². The van der Waals surface area contributed by atoms with Gasteiger partial charge in [-0.15, -0.1) is 0 Å². The first-order valence-corrected chi connectivity index (χ1v) is 7.35. The Morgan fingerprint density at radius 2 is 1.82 bits per heavy atom. The quantitative estimate of drug-likeness (QED) is 0.499. The molecule has 0 heterocycles. The molecule has 2 N–H and O–H groups in total. The number of rotatable bonds is 4. The molecule has 6 heteroatoms. The van der Waals surface area contributed by atoms with E-state index in [2.05, 4.69) is 31.8 Å². The van der Waals surface area contributed by atoms with Crippen molar-refractivity contribution in [3.05, 3.63) is 70.2 Å². The Hall–Kier alpha value is -2.47. The maximum absolute atomic E-state index is 11.6. The van der Waals surface area contributed by atoms with Crippen molar-refractivity contribution in [2.24, 2.45) is 5.10 Å². The van der Waals surface area contributed by atoms with Crippen LogP contribution in [0.15, 0.2) is 64.2 Å². The Bertz CT molecular complexity index is 687. The average Bonchev–Trinajstić information content (AvgIpc) is 2.53. The lowest BCUT2D eigenvalue weighted by Gasteiger charge is -2.03. The molecule has 0 saturated heterocycles. The molecule has 0 radical (unpaired) electrons. The minimum Gasteiger partial charge on any atom is -0.344 e. The Kier molecular flexibility index (Phi) is 5.85. The summed E-state index contributed by atoms with van der Waals surface area (Å²) in [6.45, 7) is 0.294. The molecule has 0 aliphatic rings. The number of carbonyl (C=O) groups is 2. The van der Waals surface area contributed by atoms with Crippen LogP contribution in [0.4, 0.5) is 0 Å². The van der Waals surface area contributed by atoms with Gasteiger partial charge >= 0.3 is 11.8 Å². The van der Waals surface area contributed by atoms with E-state index in [0.717, 1.165) is 15.6 Å². The number of nitrogens with one attached hydrogen (secondary N) is 2. The molecular formula is C16H14BrN3O2. The van der Waals surface area contributed by atoms with Gasteiger partial charge in [-0.05, 0) is 23.3 Å². The van der Waals surface area contributed by atoms with Crippen LogP contribution in [0.25, 0.3) is 0 Å². The Balaban J connectivity index is 1.80. The summed E-state index contributed by atoms with van der Waals surface area (Å²) in [7, 11) is 0. The van der Waals surface area contributed by atoms with Crippen LogP contribution in [0.5, 0.6) is 0 Å². The third-order valence-electron chi connectivity index (χ3n) is 2.73. The number of hydrogen-bond donors (Lipinski definition) is 2. The highest BCUT2D eigenvalue weighted by Gasteiger charge is 2.11. The molecular weight excluding hydrogens is 346 g/mol. The molecule has 0 saturated carbocycles. The van der Waals surface area contributed by atoms with E-state index in [0.29, 0.717) is 6.54 Å². The van der Waals surface area contributed by atoms with Crippen molar-refractivity contribution in [3.8, 4) is 0 Å². The van der Waals surface area contributed by atoms with Gasteiger partial charge in [0.15, 0.2) is 0 Å². The number of hydrazone groups is 1. The lowest BCUT2D eigenvalue weighted by atomic mass is 10.2. The van der Waals surface area contributed by atoms with Gasteiger partial charge in [-0.3, -0.25) is 9.59 Å². The molecule has 22 heavy (non-hydrogen) atoms. The first-order chi connectivity index (χ1) is 10.6. The molecule has 0 atom stereocenters. The lowest BCUT2D eigenvalue weighted by molar-refractivity contribution is -0.139. The number of benzene rings is 2.